The van der Waals surface area contributed by atoms with Gasteiger partial charge in [0.15, 0.2) is 11.5 Å². The molecule has 100 valence electrons. The molecule has 1 unspecified atom stereocenters. The number of para-hydroxylation sites is 2. The molecule has 0 aliphatic heterocycles. The first-order valence-corrected chi connectivity index (χ1v) is 6.32. The summed E-state index contributed by atoms with van der Waals surface area (Å²) in [7, 11) is 3.58. The van der Waals surface area contributed by atoms with E-state index in [1.165, 1.54) is 5.56 Å². The molecule has 0 spiro atoms. The van der Waals surface area contributed by atoms with Crippen molar-refractivity contribution < 1.29 is 9.47 Å². The molecule has 0 aromatic heterocycles. The highest BCUT2D eigenvalue weighted by atomic mass is 16.5. The predicted molar refractivity (Wildman–Crippen MR) is 77.0 cm³/mol. The second kappa shape index (κ2) is 6.25. The van der Waals surface area contributed by atoms with Crippen LogP contribution in [0.1, 0.15) is 18.5 Å². The maximum absolute atomic E-state index is 5.88. The SMILES string of the molecule is CNC(C)c1cccc(Oc2ccccc2OC)c1. The van der Waals surface area contributed by atoms with Gasteiger partial charge in [-0.15, -0.1) is 0 Å². The first kappa shape index (κ1) is 13.4. The van der Waals surface area contributed by atoms with Crippen molar-refractivity contribution in [1.29, 1.82) is 0 Å². The van der Waals surface area contributed by atoms with Crippen molar-refractivity contribution in [1.82, 2.24) is 5.32 Å². The van der Waals surface area contributed by atoms with Gasteiger partial charge in [-0.3, -0.25) is 0 Å². The minimum absolute atomic E-state index is 0.293. The van der Waals surface area contributed by atoms with Crippen LogP contribution in [-0.2, 0) is 0 Å². The number of nitrogens with one attached hydrogen (secondary N) is 1. The monoisotopic (exact) mass is 257 g/mol. The Balaban J connectivity index is 2.23. The minimum Gasteiger partial charge on any atom is -0.493 e. The van der Waals surface area contributed by atoms with Gasteiger partial charge in [0.2, 0.25) is 0 Å². The third-order valence-corrected chi connectivity index (χ3v) is 3.09. The molecule has 2 aromatic rings. The fourth-order valence-corrected chi connectivity index (χ4v) is 1.84. The van der Waals surface area contributed by atoms with Crippen LogP contribution in [0.25, 0.3) is 0 Å². The Morgan fingerprint density at radius 2 is 1.74 bits per heavy atom. The van der Waals surface area contributed by atoms with Crippen LogP contribution in [0.3, 0.4) is 0 Å². The molecule has 2 aromatic carbocycles. The van der Waals surface area contributed by atoms with Crippen molar-refractivity contribution >= 4 is 0 Å². The Morgan fingerprint density at radius 3 is 2.42 bits per heavy atom. The zero-order valence-electron chi connectivity index (χ0n) is 11.5. The zero-order valence-corrected chi connectivity index (χ0v) is 11.5. The van der Waals surface area contributed by atoms with Crippen molar-refractivity contribution in [3.63, 3.8) is 0 Å². The second-order valence-corrected chi connectivity index (χ2v) is 4.34. The van der Waals surface area contributed by atoms with Gasteiger partial charge >= 0.3 is 0 Å². The van der Waals surface area contributed by atoms with Crippen LogP contribution in [0.4, 0.5) is 0 Å². The van der Waals surface area contributed by atoms with E-state index in [-0.39, 0.29) is 0 Å². The third-order valence-electron chi connectivity index (χ3n) is 3.09. The van der Waals surface area contributed by atoms with Gasteiger partial charge in [-0.25, -0.2) is 0 Å². The highest BCUT2D eigenvalue weighted by molar-refractivity contribution is 5.43. The highest BCUT2D eigenvalue weighted by Gasteiger charge is 2.07. The van der Waals surface area contributed by atoms with E-state index in [0.717, 1.165) is 17.2 Å². The summed E-state index contributed by atoms with van der Waals surface area (Å²) in [6.07, 6.45) is 0. The van der Waals surface area contributed by atoms with Gasteiger partial charge in [0.05, 0.1) is 7.11 Å². The summed E-state index contributed by atoms with van der Waals surface area (Å²) in [5.41, 5.74) is 1.19. The summed E-state index contributed by atoms with van der Waals surface area (Å²) in [6, 6.07) is 16.0. The maximum Gasteiger partial charge on any atom is 0.169 e. The number of hydrogen-bond acceptors (Lipinski definition) is 3. The van der Waals surface area contributed by atoms with E-state index >= 15 is 0 Å². The fraction of sp³-hybridized carbons (Fsp3) is 0.250. The van der Waals surface area contributed by atoms with E-state index in [2.05, 4.69) is 18.3 Å². The van der Waals surface area contributed by atoms with E-state index in [4.69, 9.17) is 9.47 Å². The van der Waals surface area contributed by atoms with Crippen molar-refractivity contribution in [2.75, 3.05) is 14.2 Å². The first-order valence-electron chi connectivity index (χ1n) is 6.32. The molecule has 0 aliphatic rings. The summed E-state index contributed by atoms with van der Waals surface area (Å²) in [5, 5.41) is 3.21. The molecular formula is C16H19NO2. The molecule has 0 bridgehead atoms. The Hall–Kier alpha value is -2.00. The quantitative estimate of drug-likeness (QED) is 0.884. The molecule has 0 heterocycles. The number of rotatable bonds is 5. The number of ether oxygens (including phenoxy) is 2. The fourth-order valence-electron chi connectivity index (χ4n) is 1.84. The lowest BCUT2D eigenvalue weighted by Gasteiger charge is -2.13. The molecule has 0 aliphatic carbocycles. The lowest BCUT2D eigenvalue weighted by molar-refractivity contribution is 0.378. The van der Waals surface area contributed by atoms with Gasteiger partial charge in [-0.2, -0.15) is 0 Å². The average Bonchev–Trinajstić information content (AvgIpc) is 2.47. The lowest BCUT2D eigenvalue weighted by Crippen LogP contribution is -2.12. The average molecular weight is 257 g/mol. The van der Waals surface area contributed by atoms with E-state index in [1.807, 2.05) is 49.5 Å². The van der Waals surface area contributed by atoms with Gasteiger partial charge in [-0.05, 0) is 43.8 Å². The second-order valence-electron chi connectivity index (χ2n) is 4.34. The molecule has 0 saturated heterocycles. The van der Waals surface area contributed by atoms with Crippen LogP contribution >= 0.6 is 0 Å². The largest absolute Gasteiger partial charge is 0.493 e. The zero-order chi connectivity index (χ0) is 13.7. The van der Waals surface area contributed by atoms with Crippen molar-refractivity contribution in [3.8, 4) is 17.2 Å². The van der Waals surface area contributed by atoms with Gasteiger partial charge in [-0.1, -0.05) is 24.3 Å². The normalized spacial score (nSPS) is 11.9. The Kier molecular flexibility index (Phi) is 4.42. The molecule has 0 amide bonds. The van der Waals surface area contributed by atoms with Gasteiger partial charge in [0.1, 0.15) is 5.75 Å². The van der Waals surface area contributed by atoms with Crippen molar-refractivity contribution in [2.45, 2.75) is 13.0 Å². The third kappa shape index (κ3) is 3.26. The van der Waals surface area contributed by atoms with Crippen LogP contribution in [-0.4, -0.2) is 14.2 Å². The number of methoxy groups -OCH3 is 1. The molecular weight excluding hydrogens is 238 g/mol. The summed E-state index contributed by atoms with van der Waals surface area (Å²) < 4.78 is 11.2. The van der Waals surface area contributed by atoms with E-state index in [0.29, 0.717) is 6.04 Å². The minimum atomic E-state index is 0.293. The molecule has 0 fully saturated rings. The van der Waals surface area contributed by atoms with E-state index < -0.39 is 0 Å². The Labute approximate surface area is 114 Å². The van der Waals surface area contributed by atoms with Crippen LogP contribution in [0.5, 0.6) is 17.2 Å². The molecule has 1 N–H and O–H groups in total. The van der Waals surface area contributed by atoms with E-state index in [9.17, 15) is 0 Å². The Bertz CT molecular complexity index is 540. The molecule has 1 atom stereocenters. The van der Waals surface area contributed by atoms with Gasteiger partial charge in [0, 0.05) is 6.04 Å². The standard InChI is InChI=1S/C16H19NO2/c1-12(17-2)13-7-6-8-14(11-13)19-16-10-5-4-9-15(16)18-3/h4-12,17H,1-3H3. The Morgan fingerprint density at radius 1 is 1.00 bits per heavy atom. The summed E-state index contributed by atoms with van der Waals surface area (Å²) in [5.74, 6) is 2.26. The van der Waals surface area contributed by atoms with Crippen molar-refractivity contribution in [2.24, 2.45) is 0 Å². The smallest absolute Gasteiger partial charge is 0.169 e. The first-order chi connectivity index (χ1) is 9.24. The summed E-state index contributed by atoms with van der Waals surface area (Å²) in [4.78, 5) is 0. The van der Waals surface area contributed by atoms with Gasteiger partial charge in [0.25, 0.3) is 0 Å². The summed E-state index contributed by atoms with van der Waals surface area (Å²) >= 11 is 0. The molecule has 2 rings (SSSR count). The van der Waals surface area contributed by atoms with Crippen LogP contribution in [0, 0.1) is 0 Å². The van der Waals surface area contributed by atoms with Crippen molar-refractivity contribution in [3.05, 3.63) is 54.1 Å². The number of benzene rings is 2. The van der Waals surface area contributed by atoms with Crippen LogP contribution in [0.15, 0.2) is 48.5 Å². The van der Waals surface area contributed by atoms with Crippen LogP contribution < -0.4 is 14.8 Å². The molecule has 3 heteroatoms. The topological polar surface area (TPSA) is 30.5 Å². The van der Waals surface area contributed by atoms with E-state index in [1.54, 1.807) is 7.11 Å². The predicted octanol–water partition coefficient (Wildman–Crippen LogP) is 3.77. The molecule has 0 saturated carbocycles. The lowest BCUT2D eigenvalue weighted by atomic mass is 10.1. The molecule has 0 radical (unpaired) electrons. The number of hydrogen-bond donors (Lipinski definition) is 1. The molecule has 3 nitrogen and oxygen atoms in total. The highest BCUT2D eigenvalue weighted by Crippen LogP contribution is 2.31. The maximum atomic E-state index is 5.88. The van der Waals surface area contributed by atoms with Gasteiger partial charge < -0.3 is 14.8 Å². The van der Waals surface area contributed by atoms with Crippen LogP contribution in [0.2, 0.25) is 0 Å². The molecule has 19 heavy (non-hydrogen) atoms. The summed E-state index contributed by atoms with van der Waals surface area (Å²) in [6.45, 7) is 2.11.